The van der Waals surface area contributed by atoms with Crippen molar-refractivity contribution in [3.63, 3.8) is 0 Å². The van der Waals surface area contributed by atoms with E-state index in [1.165, 1.54) is 11.8 Å². The molecule has 0 aliphatic rings. The monoisotopic (exact) mass is 435 g/mol. The van der Waals surface area contributed by atoms with Gasteiger partial charge in [-0.1, -0.05) is 23.9 Å². The number of hydrogen-bond acceptors (Lipinski definition) is 9. The van der Waals surface area contributed by atoms with Gasteiger partial charge in [0.25, 0.3) is 0 Å². The highest BCUT2D eigenvalue weighted by Gasteiger charge is 2.09. The van der Waals surface area contributed by atoms with Gasteiger partial charge in [0, 0.05) is 23.1 Å². The van der Waals surface area contributed by atoms with Crippen LogP contribution < -0.4 is 15.8 Å². The molecule has 0 saturated carbocycles. The summed E-state index contributed by atoms with van der Waals surface area (Å²) in [5.74, 6) is 2.84. The zero-order chi connectivity index (χ0) is 21.6. The summed E-state index contributed by atoms with van der Waals surface area (Å²) in [5.41, 5.74) is 8.76. The van der Waals surface area contributed by atoms with Crippen LogP contribution in [0.5, 0.6) is 11.6 Å². The molecule has 0 bridgehead atoms. The van der Waals surface area contributed by atoms with Crippen molar-refractivity contribution in [2.75, 3.05) is 23.4 Å². The maximum Gasteiger partial charge on any atom is 0.246 e. The second-order valence-electron chi connectivity index (χ2n) is 6.61. The lowest BCUT2D eigenvalue weighted by atomic mass is 10.2. The van der Waals surface area contributed by atoms with Crippen LogP contribution in [0.3, 0.4) is 0 Å². The second kappa shape index (κ2) is 9.45. The Labute approximate surface area is 183 Å². The molecule has 0 unspecified atom stereocenters. The third-order valence-electron chi connectivity index (χ3n) is 4.13. The fourth-order valence-corrected chi connectivity index (χ4v) is 3.37. The lowest BCUT2D eigenvalue weighted by Gasteiger charge is -2.07. The first-order valence-electron chi connectivity index (χ1n) is 9.51. The Hall–Kier alpha value is -3.63. The summed E-state index contributed by atoms with van der Waals surface area (Å²) < 4.78 is 5.80. The van der Waals surface area contributed by atoms with Gasteiger partial charge >= 0.3 is 0 Å². The van der Waals surface area contributed by atoms with Crippen LogP contribution in [0.2, 0.25) is 0 Å². The number of aliphatic hydroxyl groups excluding tert-OH is 1. The standard InChI is InChI=1S/C21H21N7O2S/c1-13-3-2-4-15(11-13)23-20-26-19(27-28-20)14-5-7-16(8-6-14)30-18-12-17(22)24-21(25-18)31-10-9-29/h2-8,11-12,29H,9-10H2,1H3,(H2,22,24,25)(H2,23,26,27,28). The number of anilines is 3. The van der Waals surface area contributed by atoms with Crippen LogP contribution >= 0.6 is 11.8 Å². The minimum absolute atomic E-state index is 0.0321. The largest absolute Gasteiger partial charge is 0.439 e. The summed E-state index contributed by atoms with van der Waals surface area (Å²) >= 11 is 1.31. The Morgan fingerprint density at radius 1 is 1.10 bits per heavy atom. The van der Waals surface area contributed by atoms with Gasteiger partial charge in [-0.15, -0.1) is 5.10 Å². The van der Waals surface area contributed by atoms with Gasteiger partial charge in [-0.3, -0.25) is 5.10 Å². The molecule has 0 aliphatic heterocycles. The summed E-state index contributed by atoms with van der Waals surface area (Å²) in [6.45, 7) is 2.06. The Balaban J connectivity index is 1.44. The van der Waals surface area contributed by atoms with E-state index in [1.807, 2.05) is 55.5 Å². The number of benzene rings is 2. The highest BCUT2D eigenvalue weighted by atomic mass is 32.2. The molecule has 2 aromatic carbocycles. The van der Waals surface area contributed by atoms with Gasteiger partial charge in [0.15, 0.2) is 11.0 Å². The number of aromatic amines is 1. The number of aromatic nitrogens is 5. The lowest BCUT2D eigenvalue weighted by molar-refractivity contribution is 0.322. The number of aryl methyl sites for hydroxylation is 1. The normalized spacial score (nSPS) is 10.8. The van der Waals surface area contributed by atoms with Gasteiger partial charge < -0.3 is 20.9 Å². The molecule has 0 fully saturated rings. The summed E-state index contributed by atoms with van der Waals surface area (Å²) in [6.07, 6.45) is 0. The van der Waals surface area contributed by atoms with Crippen molar-refractivity contribution in [1.29, 1.82) is 0 Å². The quantitative estimate of drug-likeness (QED) is 0.241. The molecular weight excluding hydrogens is 414 g/mol. The number of nitrogens with two attached hydrogens (primary N) is 1. The zero-order valence-corrected chi connectivity index (χ0v) is 17.6. The average molecular weight is 436 g/mol. The Morgan fingerprint density at radius 3 is 2.71 bits per heavy atom. The van der Waals surface area contributed by atoms with E-state index in [4.69, 9.17) is 15.6 Å². The fourth-order valence-electron chi connectivity index (χ4n) is 2.77. The molecule has 4 aromatic rings. The van der Waals surface area contributed by atoms with E-state index in [2.05, 4.69) is 30.5 Å². The van der Waals surface area contributed by atoms with Gasteiger partial charge in [-0.25, -0.2) is 4.98 Å². The number of nitrogens with one attached hydrogen (secondary N) is 2. The van der Waals surface area contributed by atoms with Crippen molar-refractivity contribution in [3.05, 3.63) is 60.2 Å². The van der Waals surface area contributed by atoms with E-state index >= 15 is 0 Å². The van der Waals surface area contributed by atoms with E-state index < -0.39 is 0 Å². The van der Waals surface area contributed by atoms with Crippen LogP contribution in [0.4, 0.5) is 17.5 Å². The van der Waals surface area contributed by atoms with E-state index in [0.29, 0.717) is 40.1 Å². The SMILES string of the molecule is Cc1cccc(Nc2n[nH]c(-c3ccc(Oc4cc(N)nc(SCCO)n4)cc3)n2)c1. The highest BCUT2D eigenvalue weighted by molar-refractivity contribution is 7.99. The minimum Gasteiger partial charge on any atom is -0.439 e. The van der Waals surface area contributed by atoms with Crippen molar-refractivity contribution in [2.45, 2.75) is 12.1 Å². The van der Waals surface area contributed by atoms with Gasteiger partial charge in [-0.2, -0.15) is 9.97 Å². The predicted octanol–water partition coefficient (Wildman–Crippen LogP) is 3.77. The van der Waals surface area contributed by atoms with Crippen LogP contribution in [-0.2, 0) is 0 Å². The minimum atomic E-state index is 0.0321. The molecule has 0 amide bonds. The van der Waals surface area contributed by atoms with Gasteiger partial charge in [0.2, 0.25) is 11.8 Å². The number of thioether (sulfide) groups is 1. The maximum absolute atomic E-state index is 8.95. The first-order chi connectivity index (χ1) is 15.1. The number of rotatable bonds is 8. The first-order valence-corrected chi connectivity index (χ1v) is 10.5. The molecule has 5 N–H and O–H groups in total. The van der Waals surface area contributed by atoms with Gasteiger partial charge in [-0.05, 0) is 48.9 Å². The number of nitrogens with zero attached hydrogens (tertiary/aromatic N) is 4. The van der Waals surface area contributed by atoms with E-state index in [9.17, 15) is 0 Å². The lowest BCUT2D eigenvalue weighted by Crippen LogP contribution is -1.99. The highest BCUT2D eigenvalue weighted by Crippen LogP contribution is 2.26. The second-order valence-corrected chi connectivity index (χ2v) is 7.68. The molecule has 0 aliphatic carbocycles. The maximum atomic E-state index is 8.95. The summed E-state index contributed by atoms with van der Waals surface area (Å²) in [4.78, 5) is 12.9. The molecule has 0 saturated heterocycles. The predicted molar refractivity (Wildman–Crippen MR) is 121 cm³/mol. The van der Waals surface area contributed by atoms with Gasteiger partial charge in [0.05, 0.1) is 6.61 Å². The summed E-state index contributed by atoms with van der Waals surface area (Å²) in [7, 11) is 0. The molecule has 10 heteroatoms. The molecule has 9 nitrogen and oxygen atoms in total. The third kappa shape index (κ3) is 5.50. The summed E-state index contributed by atoms with van der Waals surface area (Å²) in [6, 6.07) is 16.9. The molecule has 31 heavy (non-hydrogen) atoms. The number of ether oxygens (including phenoxy) is 1. The van der Waals surface area contributed by atoms with Crippen LogP contribution in [-0.4, -0.2) is 42.6 Å². The smallest absolute Gasteiger partial charge is 0.246 e. The van der Waals surface area contributed by atoms with Crippen LogP contribution in [0.15, 0.2) is 59.8 Å². The molecule has 2 aromatic heterocycles. The van der Waals surface area contributed by atoms with Gasteiger partial charge in [0.1, 0.15) is 11.6 Å². The molecule has 4 rings (SSSR count). The molecule has 0 radical (unpaired) electrons. The fraction of sp³-hybridized carbons (Fsp3) is 0.143. The molecule has 2 heterocycles. The van der Waals surface area contributed by atoms with Crippen LogP contribution in [0.1, 0.15) is 5.56 Å². The Kier molecular flexibility index (Phi) is 6.29. The number of H-pyrrole nitrogens is 1. The molecule has 0 atom stereocenters. The van der Waals surface area contributed by atoms with Crippen molar-refractivity contribution in [3.8, 4) is 23.0 Å². The van der Waals surface area contributed by atoms with E-state index in [-0.39, 0.29) is 6.61 Å². The Morgan fingerprint density at radius 2 is 1.94 bits per heavy atom. The summed E-state index contributed by atoms with van der Waals surface area (Å²) in [5, 5.41) is 19.7. The van der Waals surface area contributed by atoms with Crippen LogP contribution in [0, 0.1) is 6.92 Å². The third-order valence-corrected chi connectivity index (χ3v) is 4.96. The van der Waals surface area contributed by atoms with Crippen molar-refractivity contribution in [1.82, 2.24) is 25.1 Å². The topological polar surface area (TPSA) is 135 Å². The van der Waals surface area contributed by atoms with Crippen molar-refractivity contribution >= 4 is 29.2 Å². The van der Waals surface area contributed by atoms with Crippen LogP contribution in [0.25, 0.3) is 11.4 Å². The number of nitrogen functional groups attached to an aromatic ring is 1. The van der Waals surface area contributed by atoms with E-state index in [1.54, 1.807) is 6.07 Å². The zero-order valence-electron chi connectivity index (χ0n) is 16.7. The van der Waals surface area contributed by atoms with E-state index in [0.717, 1.165) is 16.8 Å². The van der Waals surface area contributed by atoms with Crippen molar-refractivity contribution < 1.29 is 9.84 Å². The average Bonchev–Trinajstić information content (AvgIpc) is 3.21. The first kappa shape index (κ1) is 20.6. The molecular formula is C21H21N7O2S. The molecule has 158 valence electrons. The Bertz CT molecular complexity index is 1160. The van der Waals surface area contributed by atoms with Crippen molar-refractivity contribution in [2.24, 2.45) is 0 Å². The number of hydrogen-bond donors (Lipinski definition) is 4. The molecule has 0 spiro atoms. The number of aliphatic hydroxyl groups is 1.